The second kappa shape index (κ2) is 2.58. The number of aromatic nitrogens is 2. The van der Waals surface area contributed by atoms with Gasteiger partial charge in [0.05, 0.1) is 5.56 Å². The van der Waals surface area contributed by atoms with Crippen molar-refractivity contribution in [3.8, 4) is 0 Å². The van der Waals surface area contributed by atoms with Crippen LogP contribution in [-0.4, -0.2) is 16.0 Å². The maximum atomic E-state index is 11.3. The van der Waals surface area contributed by atoms with Crippen molar-refractivity contribution in [2.24, 2.45) is 0 Å². The number of aryl methyl sites for hydroxylation is 1. The molecule has 1 aliphatic carbocycles. The molecule has 3 nitrogen and oxygen atoms in total. The molecule has 58 valence electrons. The Bertz CT molecular complexity index is 305. The first-order valence-electron chi connectivity index (χ1n) is 3.55. The third kappa shape index (κ3) is 1.09. The SMILES string of the molecule is O=C1CCCc2[nH]nc(I)c21. The van der Waals surface area contributed by atoms with Crippen molar-refractivity contribution in [1.82, 2.24) is 10.2 Å². The molecule has 0 atom stereocenters. The van der Waals surface area contributed by atoms with Gasteiger partial charge in [-0.15, -0.1) is 0 Å². The van der Waals surface area contributed by atoms with Gasteiger partial charge < -0.3 is 0 Å². The summed E-state index contributed by atoms with van der Waals surface area (Å²) in [5.41, 5.74) is 1.85. The van der Waals surface area contributed by atoms with Crippen molar-refractivity contribution in [2.75, 3.05) is 0 Å². The fourth-order valence-electron chi connectivity index (χ4n) is 1.37. The first kappa shape index (κ1) is 7.27. The van der Waals surface area contributed by atoms with Gasteiger partial charge in [0.1, 0.15) is 3.70 Å². The molecular formula is C7H7IN2O. The van der Waals surface area contributed by atoms with Gasteiger partial charge in [-0.05, 0) is 35.4 Å². The number of H-pyrrole nitrogens is 1. The number of Topliss-reactive ketones (excluding diaryl/α,β-unsaturated/α-hetero) is 1. The van der Waals surface area contributed by atoms with Crippen molar-refractivity contribution in [3.05, 3.63) is 15.0 Å². The predicted octanol–water partition coefficient (Wildman–Crippen LogP) is 1.53. The fourth-order valence-corrected chi connectivity index (χ4v) is 2.11. The Morgan fingerprint density at radius 3 is 3.00 bits per heavy atom. The van der Waals surface area contributed by atoms with E-state index in [9.17, 15) is 4.79 Å². The lowest BCUT2D eigenvalue weighted by Crippen LogP contribution is -2.09. The number of ketones is 1. The van der Waals surface area contributed by atoms with Crippen molar-refractivity contribution in [1.29, 1.82) is 0 Å². The van der Waals surface area contributed by atoms with Crippen LogP contribution >= 0.6 is 22.6 Å². The van der Waals surface area contributed by atoms with Gasteiger partial charge >= 0.3 is 0 Å². The molecule has 11 heavy (non-hydrogen) atoms. The summed E-state index contributed by atoms with van der Waals surface area (Å²) in [6.07, 6.45) is 2.61. The average Bonchev–Trinajstić information content (AvgIpc) is 2.34. The molecule has 1 aromatic rings. The summed E-state index contributed by atoms with van der Waals surface area (Å²) in [4.78, 5) is 11.3. The molecule has 0 aromatic carbocycles. The van der Waals surface area contributed by atoms with Gasteiger partial charge in [0.2, 0.25) is 0 Å². The smallest absolute Gasteiger partial charge is 0.167 e. The van der Waals surface area contributed by atoms with Gasteiger partial charge in [-0.25, -0.2) is 0 Å². The number of carbonyl (C=O) groups excluding carboxylic acids is 1. The Kier molecular flexibility index (Phi) is 1.71. The highest BCUT2D eigenvalue weighted by Gasteiger charge is 2.22. The minimum atomic E-state index is 0.240. The molecule has 1 aromatic heterocycles. The monoisotopic (exact) mass is 262 g/mol. The number of nitrogens with one attached hydrogen (secondary N) is 1. The van der Waals surface area contributed by atoms with Crippen LogP contribution in [0.3, 0.4) is 0 Å². The third-order valence-electron chi connectivity index (χ3n) is 1.91. The highest BCUT2D eigenvalue weighted by molar-refractivity contribution is 14.1. The van der Waals surface area contributed by atoms with Crippen LogP contribution in [0.4, 0.5) is 0 Å². The minimum absolute atomic E-state index is 0.240. The Labute approximate surface area is 77.7 Å². The van der Waals surface area contributed by atoms with E-state index < -0.39 is 0 Å². The van der Waals surface area contributed by atoms with E-state index in [0.29, 0.717) is 6.42 Å². The van der Waals surface area contributed by atoms with Crippen LogP contribution < -0.4 is 0 Å². The summed E-state index contributed by atoms with van der Waals surface area (Å²) in [7, 11) is 0. The zero-order valence-corrected chi connectivity index (χ0v) is 8.01. The van der Waals surface area contributed by atoms with E-state index in [-0.39, 0.29) is 5.78 Å². The lowest BCUT2D eigenvalue weighted by atomic mass is 9.97. The van der Waals surface area contributed by atoms with Gasteiger partial charge in [-0.1, -0.05) is 0 Å². The number of aromatic amines is 1. The molecule has 0 saturated carbocycles. The number of hydrogen-bond donors (Lipinski definition) is 1. The normalized spacial score (nSPS) is 16.6. The zero-order valence-electron chi connectivity index (χ0n) is 5.85. The maximum Gasteiger partial charge on any atom is 0.167 e. The van der Waals surface area contributed by atoms with Gasteiger partial charge in [-0.3, -0.25) is 9.89 Å². The zero-order chi connectivity index (χ0) is 7.84. The van der Waals surface area contributed by atoms with E-state index in [2.05, 4.69) is 32.8 Å². The topological polar surface area (TPSA) is 45.8 Å². The highest BCUT2D eigenvalue weighted by Crippen LogP contribution is 2.22. The Balaban J connectivity index is 2.56. The first-order chi connectivity index (χ1) is 5.29. The molecule has 2 rings (SSSR count). The minimum Gasteiger partial charge on any atom is -0.294 e. The number of carbonyl (C=O) groups is 1. The lowest BCUT2D eigenvalue weighted by Gasteiger charge is -2.07. The molecule has 0 radical (unpaired) electrons. The van der Waals surface area contributed by atoms with Gasteiger partial charge in [0, 0.05) is 12.1 Å². The quantitative estimate of drug-likeness (QED) is 0.721. The van der Waals surface area contributed by atoms with Crippen LogP contribution in [0.25, 0.3) is 0 Å². The number of rotatable bonds is 0. The molecule has 4 heteroatoms. The Morgan fingerprint density at radius 2 is 2.27 bits per heavy atom. The second-order valence-corrected chi connectivity index (χ2v) is 3.67. The summed E-state index contributed by atoms with van der Waals surface area (Å²) in [5.74, 6) is 0.240. The van der Waals surface area contributed by atoms with E-state index in [1.54, 1.807) is 0 Å². The van der Waals surface area contributed by atoms with Crippen molar-refractivity contribution in [2.45, 2.75) is 19.3 Å². The predicted molar refractivity (Wildman–Crippen MR) is 48.6 cm³/mol. The van der Waals surface area contributed by atoms with Gasteiger partial charge in [0.15, 0.2) is 5.78 Å². The molecule has 1 N–H and O–H groups in total. The van der Waals surface area contributed by atoms with Crippen molar-refractivity contribution < 1.29 is 4.79 Å². The standard InChI is InChI=1S/C7H7IN2O/c8-7-6-4(9-10-7)2-1-3-5(6)11/h1-3H2,(H,9,10). The van der Waals surface area contributed by atoms with Crippen LogP contribution in [0.1, 0.15) is 28.9 Å². The van der Waals surface area contributed by atoms with E-state index in [4.69, 9.17) is 0 Å². The van der Waals surface area contributed by atoms with Crippen LogP contribution in [0, 0.1) is 3.70 Å². The number of halogens is 1. The van der Waals surface area contributed by atoms with Crippen LogP contribution in [0.2, 0.25) is 0 Å². The summed E-state index contributed by atoms with van der Waals surface area (Å²) in [6, 6.07) is 0. The molecule has 0 saturated heterocycles. The number of nitrogens with zero attached hydrogens (tertiary/aromatic N) is 1. The molecule has 0 spiro atoms. The highest BCUT2D eigenvalue weighted by atomic mass is 127. The molecule has 1 aliphatic rings. The molecule has 0 bridgehead atoms. The first-order valence-corrected chi connectivity index (χ1v) is 4.63. The summed E-state index contributed by atoms with van der Waals surface area (Å²) < 4.78 is 0.822. The average molecular weight is 262 g/mol. The van der Waals surface area contributed by atoms with Crippen LogP contribution in [0.5, 0.6) is 0 Å². The Morgan fingerprint density at radius 1 is 1.45 bits per heavy atom. The molecule has 0 aliphatic heterocycles. The number of fused-ring (bicyclic) bond motifs is 1. The van der Waals surface area contributed by atoms with Crippen molar-refractivity contribution >= 4 is 28.4 Å². The van der Waals surface area contributed by atoms with E-state index in [1.807, 2.05) is 0 Å². The molecule has 0 fully saturated rings. The van der Waals surface area contributed by atoms with Crippen LogP contribution in [-0.2, 0) is 6.42 Å². The molecule has 1 heterocycles. The largest absolute Gasteiger partial charge is 0.294 e. The van der Waals surface area contributed by atoms with E-state index in [1.165, 1.54) is 0 Å². The van der Waals surface area contributed by atoms with Crippen molar-refractivity contribution in [3.63, 3.8) is 0 Å². The summed E-state index contributed by atoms with van der Waals surface area (Å²) >= 11 is 2.09. The molecular weight excluding hydrogens is 255 g/mol. The third-order valence-corrected chi connectivity index (χ3v) is 2.69. The fraction of sp³-hybridized carbons (Fsp3) is 0.429. The lowest BCUT2D eigenvalue weighted by molar-refractivity contribution is 0.0971. The molecule has 0 unspecified atom stereocenters. The van der Waals surface area contributed by atoms with E-state index in [0.717, 1.165) is 27.8 Å². The van der Waals surface area contributed by atoms with E-state index >= 15 is 0 Å². The Hall–Kier alpha value is -0.390. The van der Waals surface area contributed by atoms with Gasteiger partial charge in [0.25, 0.3) is 0 Å². The second-order valence-electron chi connectivity index (χ2n) is 2.64. The maximum absolute atomic E-state index is 11.3. The summed E-state index contributed by atoms with van der Waals surface area (Å²) in [5, 5.41) is 6.87. The number of hydrogen-bond acceptors (Lipinski definition) is 2. The summed E-state index contributed by atoms with van der Waals surface area (Å²) in [6.45, 7) is 0. The van der Waals surface area contributed by atoms with Crippen LogP contribution in [0.15, 0.2) is 0 Å². The molecule has 0 amide bonds. The van der Waals surface area contributed by atoms with Gasteiger partial charge in [-0.2, -0.15) is 5.10 Å².